The Labute approximate surface area is 214 Å². The first kappa shape index (κ1) is 25.1. The lowest BCUT2D eigenvalue weighted by Gasteiger charge is -2.18. The van der Waals surface area contributed by atoms with Crippen LogP contribution in [0.15, 0.2) is 41.3 Å². The maximum absolute atomic E-state index is 12.9. The molecule has 2 aliphatic rings. The van der Waals surface area contributed by atoms with E-state index in [1.165, 1.54) is 0 Å². The van der Waals surface area contributed by atoms with Crippen LogP contribution in [0.5, 0.6) is 11.5 Å². The topological polar surface area (TPSA) is 76.2 Å². The molecule has 0 radical (unpaired) electrons. The molecule has 4 rings (SSSR count). The van der Waals surface area contributed by atoms with Gasteiger partial charge in [0.2, 0.25) is 5.91 Å². The summed E-state index contributed by atoms with van der Waals surface area (Å²) >= 11 is 7.34. The number of benzene rings is 2. The van der Waals surface area contributed by atoms with Crippen LogP contribution in [0, 0.1) is 6.92 Å². The van der Waals surface area contributed by atoms with E-state index < -0.39 is 11.1 Å². The third kappa shape index (κ3) is 6.00. The zero-order valence-corrected chi connectivity index (χ0v) is 21.3. The van der Waals surface area contributed by atoms with Crippen molar-refractivity contribution < 1.29 is 23.9 Å². The predicted molar refractivity (Wildman–Crippen MR) is 137 cm³/mol. The van der Waals surface area contributed by atoms with Gasteiger partial charge in [-0.25, -0.2) is 0 Å². The SMILES string of the molecule is CCOc1cc(/C=C2\SC(=O)N(CC(=O)N3CCCC3)C2=O)cc(Cl)c1OCc1ccc(C)cc1. The van der Waals surface area contributed by atoms with Crippen LogP contribution in [-0.4, -0.2) is 53.1 Å². The molecule has 0 aromatic heterocycles. The number of rotatable bonds is 8. The molecule has 0 unspecified atom stereocenters. The van der Waals surface area contributed by atoms with Crippen LogP contribution in [0.1, 0.15) is 36.5 Å². The highest BCUT2D eigenvalue weighted by atomic mass is 35.5. The van der Waals surface area contributed by atoms with E-state index in [9.17, 15) is 14.4 Å². The maximum atomic E-state index is 12.9. The second-order valence-corrected chi connectivity index (χ2v) is 9.79. The molecule has 2 aromatic carbocycles. The van der Waals surface area contributed by atoms with E-state index in [-0.39, 0.29) is 17.4 Å². The highest BCUT2D eigenvalue weighted by Gasteiger charge is 2.37. The van der Waals surface area contributed by atoms with E-state index in [1.54, 1.807) is 23.1 Å². The Hall–Kier alpha value is -2.97. The van der Waals surface area contributed by atoms with Crippen molar-refractivity contribution >= 4 is 46.5 Å². The molecule has 2 aliphatic heterocycles. The van der Waals surface area contributed by atoms with Crippen LogP contribution in [-0.2, 0) is 16.2 Å². The predicted octanol–water partition coefficient (Wildman–Crippen LogP) is 5.28. The molecule has 2 heterocycles. The smallest absolute Gasteiger partial charge is 0.294 e. The van der Waals surface area contributed by atoms with Gasteiger partial charge in [0, 0.05) is 13.1 Å². The minimum Gasteiger partial charge on any atom is -0.490 e. The van der Waals surface area contributed by atoms with Gasteiger partial charge in [-0.15, -0.1) is 0 Å². The monoisotopic (exact) mass is 514 g/mol. The Morgan fingerprint density at radius 1 is 1.11 bits per heavy atom. The van der Waals surface area contributed by atoms with Crippen molar-refractivity contribution in [2.45, 2.75) is 33.3 Å². The van der Waals surface area contributed by atoms with Crippen molar-refractivity contribution in [2.24, 2.45) is 0 Å². The van der Waals surface area contributed by atoms with Gasteiger partial charge in [0.05, 0.1) is 16.5 Å². The number of thioether (sulfide) groups is 1. The van der Waals surface area contributed by atoms with E-state index in [0.29, 0.717) is 48.4 Å². The summed E-state index contributed by atoms with van der Waals surface area (Å²) in [6, 6.07) is 11.4. The van der Waals surface area contributed by atoms with Crippen LogP contribution in [0.25, 0.3) is 6.08 Å². The number of imide groups is 1. The van der Waals surface area contributed by atoms with Gasteiger partial charge in [-0.05, 0) is 67.8 Å². The summed E-state index contributed by atoms with van der Waals surface area (Å²) in [5, 5.41) is -0.124. The first-order valence-electron chi connectivity index (χ1n) is 11.5. The van der Waals surface area contributed by atoms with Crippen LogP contribution in [0.4, 0.5) is 4.79 Å². The number of ether oxygens (including phenoxy) is 2. The lowest BCUT2D eigenvalue weighted by Crippen LogP contribution is -2.40. The number of amides is 3. The third-order valence-electron chi connectivity index (χ3n) is 5.76. The van der Waals surface area contributed by atoms with Crippen molar-refractivity contribution in [3.8, 4) is 11.5 Å². The number of likely N-dealkylation sites (tertiary alicyclic amines) is 1. The van der Waals surface area contributed by atoms with Crippen LogP contribution < -0.4 is 9.47 Å². The maximum Gasteiger partial charge on any atom is 0.294 e. The van der Waals surface area contributed by atoms with E-state index >= 15 is 0 Å². The molecule has 2 saturated heterocycles. The Morgan fingerprint density at radius 2 is 1.83 bits per heavy atom. The number of aryl methyl sites for hydroxylation is 1. The minimum atomic E-state index is -0.485. The standard InChI is InChI=1S/C26H27ClN2O5S/c1-3-33-21-13-19(12-20(27)24(21)34-16-18-8-6-17(2)7-9-18)14-22-25(31)29(26(32)35-22)15-23(30)28-10-4-5-11-28/h6-9,12-14H,3-5,10-11,15-16H2,1-2H3/b22-14-. The number of hydrogen-bond acceptors (Lipinski definition) is 6. The van der Waals surface area contributed by atoms with Crippen LogP contribution in [0.2, 0.25) is 5.02 Å². The molecule has 9 heteroatoms. The fraction of sp³-hybridized carbons (Fsp3) is 0.346. The summed E-state index contributed by atoms with van der Waals surface area (Å²) < 4.78 is 11.7. The van der Waals surface area contributed by atoms with Crippen molar-refractivity contribution in [1.29, 1.82) is 0 Å². The normalized spacial score (nSPS) is 16.9. The molecule has 2 fully saturated rings. The zero-order chi connectivity index (χ0) is 24.9. The summed E-state index contributed by atoms with van der Waals surface area (Å²) in [5.74, 6) is 0.168. The van der Waals surface area contributed by atoms with Gasteiger partial charge in [-0.3, -0.25) is 19.3 Å². The molecule has 0 bridgehead atoms. The van der Waals surface area contributed by atoms with E-state index in [2.05, 4.69) is 0 Å². The summed E-state index contributed by atoms with van der Waals surface area (Å²) in [4.78, 5) is 40.7. The molecular weight excluding hydrogens is 488 g/mol. The second kappa shape index (κ2) is 11.2. The molecule has 0 saturated carbocycles. The van der Waals surface area contributed by atoms with Crippen molar-refractivity contribution in [2.75, 3.05) is 26.2 Å². The molecule has 0 atom stereocenters. The van der Waals surface area contributed by atoms with Gasteiger partial charge in [0.25, 0.3) is 11.1 Å². The molecule has 2 aromatic rings. The molecule has 0 spiro atoms. The molecular formula is C26H27ClN2O5S. The summed E-state index contributed by atoms with van der Waals surface area (Å²) in [7, 11) is 0. The van der Waals surface area contributed by atoms with Crippen molar-refractivity contribution in [1.82, 2.24) is 9.80 Å². The molecule has 3 amide bonds. The summed E-state index contributed by atoms with van der Waals surface area (Å²) in [6.07, 6.45) is 3.48. The van der Waals surface area contributed by atoms with Crippen molar-refractivity contribution in [3.63, 3.8) is 0 Å². The van der Waals surface area contributed by atoms with Gasteiger partial charge in [-0.2, -0.15) is 0 Å². The van der Waals surface area contributed by atoms with Gasteiger partial charge in [-0.1, -0.05) is 41.4 Å². The highest BCUT2D eigenvalue weighted by Crippen LogP contribution is 2.39. The van der Waals surface area contributed by atoms with Gasteiger partial charge in [0.1, 0.15) is 13.2 Å². The van der Waals surface area contributed by atoms with E-state index in [0.717, 1.165) is 40.6 Å². The van der Waals surface area contributed by atoms with Gasteiger partial charge < -0.3 is 14.4 Å². The quantitative estimate of drug-likeness (QED) is 0.446. The summed E-state index contributed by atoms with van der Waals surface area (Å²) in [6.45, 7) is 5.70. The second-order valence-electron chi connectivity index (χ2n) is 8.39. The largest absolute Gasteiger partial charge is 0.490 e. The zero-order valence-electron chi connectivity index (χ0n) is 19.7. The number of carbonyl (C=O) groups is 3. The Bertz CT molecular complexity index is 1160. The van der Waals surface area contributed by atoms with E-state index in [4.69, 9.17) is 21.1 Å². The molecule has 0 aliphatic carbocycles. The average Bonchev–Trinajstić information content (AvgIpc) is 3.45. The Kier molecular flexibility index (Phi) is 8.03. The fourth-order valence-electron chi connectivity index (χ4n) is 3.90. The van der Waals surface area contributed by atoms with Gasteiger partial charge >= 0.3 is 0 Å². The first-order chi connectivity index (χ1) is 16.9. The van der Waals surface area contributed by atoms with Crippen LogP contribution >= 0.6 is 23.4 Å². The summed E-state index contributed by atoms with van der Waals surface area (Å²) in [5.41, 5.74) is 2.75. The molecule has 184 valence electrons. The number of carbonyl (C=O) groups excluding carboxylic acids is 3. The number of hydrogen-bond donors (Lipinski definition) is 0. The molecule has 7 nitrogen and oxygen atoms in total. The lowest BCUT2D eigenvalue weighted by molar-refractivity contribution is -0.135. The third-order valence-corrected chi connectivity index (χ3v) is 6.95. The number of halogens is 1. The fourth-order valence-corrected chi connectivity index (χ4v) is 5.02. The van der Waals surface area contributed by atoms with E-state index in [1.807, 2.05) is 38.1 Å². The highest BCUT2D eigenvalue weighted by molar-refractivity contribution is 8.18. The van der Waals surface area contributed by atoms with Gasteiger partial charge in [0.15, 0.2) is 11.5 Å². The minimum absolute atomic E-state index is 0.206. The van der Waals surface area contributed by atoms with Crippen LogP contribution in [0.3, 0.4) is 0 Å². The lowest BCUT2D eigenvalue weighted by atomic mass is 10.1. The first-order valence-corrected chi connectivity index (χ1v) is 12.7. The average molecular weight is 515 g/mol. The molecule has 0 N–H and O–H groups in total. The Morgan fingerprint density at radius 3 is 2.51 bits per heavy atom. The molecule has 35 heavy (non-hydrogen) atoms. The number of nitrogens with zero attached hydrogens (tertiary/aromatic N) is 2. The van der Waals surface area contributed by atoms with Crippen molar-refractivity contribution in [3.05, 3.63) is 63.0 Å². The Balaban J connectivity index is 1.51.